The highest BCUT2D eigenvalue weighted by atomic mass is 16.5. The van der Waals surface area contributed by atoms with Crippen molar-refractivity contribution in [1.29, 1.82) is 0 Å². The van der Waals surface area contributed by atoms with Gasteiger partial charge in [-0.15, -0.1) is 0 Å². The highest BCUT2D eigenvalue weighted by molar-refractivity contribution is 6.05. The number of ether oxygens (including phenoxy) is 2. The van der Waals surface area contributed by atoms with E-state index in [4.69, 9.17) is 15.2 Å². The second-order valence-electron chi connectivity index (χ2n) is 5.88. The summed E-state index contributed by atoms with van der Waals surface area (Å²) in [6.07, 6.45) is 1.40. The lowest BCUT2D eigenvalue weighted by molar-refractivity contribution is -0.146. The van der Waals surface area contributed by atoms with Gasteiger partial charge in [-0.3, -0.25) is 4.79 Å². The maximum atomic E-state index is 12.5. The van der Waals surface area contributed by atoms with Gasteiger partial charge in [0.1, 0.15) is 19.3 Å². The van der Waals surface area contributed by atoms with Gasteiger partial charge in [-0.1, -0.05) is 43.0 Å². The van der Waals surface area contributed by atoms with Crippen LogP contribution in [-0.2, 0) is 30.5 Å². The van der Waals surface area contributed by atoms with Gasteiger partial charge in [0.25, 0.3) is 5.91 Å². The number of hydrogen-bond donors (Lipinski definition) is 1. The van der Waals surface area contributed by atoms with Crippen LogP contribution in [-0.4, -0.2) is 53.6 Å². The molecule has 0 saturated carbocycles. The normalized spacial score (nSPS) is 19.5. The van der Waals surface area contributed by atoms with Gasteiger partial charge in [0.2, 0.25) is 0 Å². The number of benzene rings is 1. The number of carbonyl (C=O) groups is 3. The third kappa shape index (κ3) is 3.37. The Hall–Kier alpha value is -2.97. The quantitative estimate of drug-likeness (QED) is 0.569. The monoisotopic (exact) mass is 357 g/mol. The van der Waals surface area contributed by atoms with Gasteiger partial charge in [-0.2, -0.15) is 0 Å². The molecular weight excluding hydrogens is 338 g/mol. The molecule has 8 nitrogen and oxygen atoms in total. The predicted octanol–water partition coefficient (Wildman–Crippen LogP) is 0.113. The predicted molar refractivity (Wildman–Crippen MR) is 90.8 cm³/mol. The van der Waals surface area contributed by atoms with E-state index in [9.17, 15) is 14.4 Å². The molecule has 26 heavy (non-hydrogen) atoms. The second kappa shape index (κ2) is 7.51. The zero-order chi connectivity index (χ0) is 18.7. The molecule has 0 bridgehead atoms. The third-order valence-corrected chi connectivity index (χ3v) is 4.04. The smallest absolute Gasteiger partial charge is 0.357 e. The van der Waals surface area contributed by atoms with Crippen molar-refractivity contribution < 1.29 is 23.9 Å². The fourth-order valence-corrected chi connectivity index (χ4v) is 2.84. The average Bonchev–Trinajstić information content (AvgIpc) is 3.15. The lowest BCUT2D eigenvalue weighted by atomic mass is 10.2. The number of hydrogen-bond acceptors (Lipinski definition) is 7. The van der Waals surface area contributed by atoms with Gasteiger partial charge in [0.05, 0.1) is 12.1 Å². The number of rotatable bonds is 6. The molecule has 1 atom stereocenters. The Morgan fingerprint density at radius 1 is 1.23 bits per heavy atom. The number of nitrogens with zero attached hydrogens (tertiary/aromatic N) is 2. The average molecular weight is 357 g/mol. The van der Waals surface area contributed by atoms with Gasteiger partial charge in [0.15, 0.2) is 5.70 Å². The van der Waals surface area contributed by atoms with Crippen LogP contribution in [0.25, 0.3) is 0 Å². The Balaban J connectivity index is 1.82. The fourth-order valence-electron chi connectivity index (χ4n) is 2.84. The topological polar surface area (TPSA) is 102 Å². The molecule has 0 aliphatic carbocycles. The standard InChI is InChI=1S/C18H19N3O5/c1-2-8-25-18(24)15-13(9-20-10-14(19)16(22)21(15)20)17(23)26-11-12-6-4-3-5-7-12/h2-7,14H,1,8-11,19H2/t14-/m0/s1. The minimum absolute atomic E-state index is 0.0389. The zero-order valence-corrected chi connectivity index (χ0v) is 14.1. The molecule has 1 saturated heterocycles. The molecule has 2 heterocycles. The highest BCUT2D eigenvalue weighted by Gasteiger charge is 2.48. The van der Waals surface area contributed by atoms with Crippen molar-refractivity contribution in [2.45, 2.75) is 12.6 Å². The summed E-state index contributed by atoms with van der Waals surface area (Å²) < 4.78 is 10.3. The van der Waals surface area contributed by atoms with Crippen molar-refractivity contribution in [3.8, 4) is 0 Å². The molecular formula is C18H19N3O5. The summed E-state index contributed by atoms with van der Waals surface area (Å²) in [5.74, 6) is -1.92. The van der Waals surface area contributed by atoms with E-state index in [1.807, 2.05) is 30.3 Å². The van der Waals surface area contributed by atoms with E-state index < -0.39 is 23.9 Å². The molecule has 2 aliphatic rings. The summed E-state index contributed by atoms with van der Waals surface area (Å²) >= 11 is 0. The first kappa shape index (κ1) is 17.8. The Morgan fingerprint density at radius 3 is 2.65 bits per heavy atom. The SMILES string of the molecule is C=CCOC(=O)C1=C(C(=O)OCc2ccccc2)CN2C[C@H](N)C(=O)N12. The molecule has 136 valence electrons. The Bertz CT molecular complexity index is 774. The molecule has 2 aliphatic heterocycles. The van der Waals surface area contributed by atoms with E-state index in [1.54, 1.807) is 0 Å². The number of amides is 1. The molecule has 0 unspecified atom stereocenters. The first-order valence-electron chi connectivity index (χ1n) is 8.09. The summed E-state index contributed by atoms with van der Waals surface area (Å²) in [4.78, 5) is 37.2. The zero-order valence-electron chi connectivity index (χ0n) is 14.1. The first-order chi connectivity index (χ1) is 12.5. The van der Waals surface area contributed by atoms with E-state index in [2.05, 4.69) is 6.58 Å². The van der Waals surface area contributed by atoms with Crippen molar-refractivity contribution in [3.05, 3.63) is 59.8 Å². The lowest BCUT2D eigenvalue weighted by Gasteiger charge is -2.20. The first-order valence-corrected chi connectivity index (χ1v) is 8.09. The van der Waals surface area contributed by atoms with Crippen LogP contribution in [0.5, 0.6) is 0 Å². The van der Waals surface area contributed by atoms with Gasteiger partial charge < -0.3 is 15.2 Å². The summed E-state index contributed by atoms with van der Waals surface area (Å²) in [6.45, 7) is 3.77. The summed E-state index contributed by atoms with van der Waals surface area (Å²) in [7, 11) is 0. The van der Waals surface area contributed by atoms with Crippen molar-refractivity contribution in [2.24, 2.45) is 5.73 Å². The number of carbonyl (C=O) groups excluding carboxylic acids is 3. The number of fused-ring (bicyclic) bond motifs is 1. The molecule has 8 heteroatoms. The molecule has 0 radical (unpaired) electrons. The van der Waals surface area contributed by atoms with Crippen LogP contribution in [0.4, 0.5) is 0 Å². The van der Waals surface area contributed by atoms with E-state index >= 15 is 0 Å². The van der Waals surface area contributed by atoms with Gasteiger partial charge >= 0.3 is 11.9 Å². The van der Waals surface area contributed by atoms with Crippen molar-refractivity contribution in [1.82, 2.24) is 10.0 Å². The Morgan fingerprint density at radius 2 is 1.96 bits per heavy atom. The summed E-state index contributed by atoms with van der Waals surface area (Å²) in [6, 6.07) is 8.41. The number of hydrazine groups is 1. The molecule has 1 aromatic rings. The maximum Gasteiger partial charge on any atom is 0.357 e. The molecule has 1 fully saturated rings. The van der Waals surface area contributed by atoms with Crippen LogP contribution in [0.15, 0.2) is 54.3 Å². The molecule has 2 N–H and O–H groups in total. The largest absolute Gasteiger partial charge is 0.457 e. The van der Waals surface area contributed by atoms with Gasteiger partial charge in [0, 0.05) is 6.54 Å². The van der Waals surface area contributed by atoms with Crippen LogP contribution in [0.3, 0.4) is 0 Å². The fraction of sp³-hybridized carbons (Fsp3) is 0.278. The van der Waals surface area contributed by atoms with E-state index in [-0.39, 0.29) is 37.6 Å². The van der Waals surface area contributed by atoms with Crippen LogP contribution in [0, 0.1) is 0 Å². The van der Waals surface area contributed by atoms with Crippen molar-refractivity contribution >= 4 is 17.8 Å². The van der Waals surface area contributed by atoms with Crippen LogP contribution in [0.2, 0.25) is 0 Å². The minimum atomic E-state index is -0.790. The molecule has 3 rings (SSSR count). The molecule has 0 aromatic heterocycles. The maximum absolute atomic E-state index is 12.5. The van der Waals surface area contributed by atoms with Crippen LogP contribution in [0.1, 0.15) is 5.56 Å². The van der Waals surface area contributed by atoms with E-state index in [0.29, 0.717) is 0 Å². The highest BCUT2D eigenvalue weighted by Crippen LogP contribution is 2.30. The Labute approximate surface area is 150 Å². The molecule has 1 amide bonds. The van der Waals surface area contributed by atoms with Gasteiger partial charge in [-0.05, 0) is 5.56 Å². The summed E-state index contributed by atoms with van der Waals surface area (Å²) in [5.41, 5.74) is 6.50. The number of nitrogens with two attached hydrogens (primary N) is 1. The second-order valence-corrected chi connectivity index (χ2v) is 5.88. The van der Waals surface area contributed by atoms with Crippen LogP contribution < -0.4 is 5.73 Å². The van der Waals surface area contributed by atoms with Crippen molar-refractivity contribution in [2.75, 3.05) is 19.7 Å². The minimum Gasteiger partial charge on any atom is -0.457 e. The molecule has 1 aromatic carbocycles. The van der Waals surface area contributed by atoms with E-state index in [1.165, 1.54) is 11.1 Å². The van der Waals surface area contributed by atoms with E-state index in [0.717, 1.165) is 10.6 Å². The van der Waals surface area contributed by atoms with Crippen LogP contribution >= 0.6 is 0 Å². The van der Waals surface area contributed by atoms with Crippen molar-refractivity contribution in [3.63, 3.8) is 0 Å². The molecule has 0 spiro atoms. The third-order valence-electron chi connectivity index (χ3n) is 4.04. The number of esters is 2. The Kier molecular flexibility index (Phi) is 5.15. The van der Waals surface area contributed by atoms with Gasteiger partial charge in [-0.25, -0.2) is 19.6 Å². The lowest BCUT2D eigenvalue weighted by Crippen LogP contribution is -2.38. The summed E-state index contributed by atoms with van der Waals surface area (Å²) in [5, 5.41) is 2.66.